The van der Waals surface area contributed by atoms with Gasteiger partial charge in [0.2, 0.25) is 0 Å². The fourth-order valence-corrected chi connectivity index (χ4v) is 4.50. The number of hydrogen-bond acceptors (Lipinski definition) is 5. The summed E-state index contributed by atoms with van der Waals surface area (Å²) < 4.78 is 0. The number of rotatable bonds is 4. The van der Waals surface area contributed by atoms with Crippen molar-refractivity contribution in [3.05, 3.63) is 82.0 Å². The van der Waals surface area contributed by atoms with Gasteiger partial charge in [0.1, 0.15) is 0 Å². The minimum Gasteiger partial charge on any atom is -0.503 e. The molecule has 0 radical (unpaired) electrons. The lowest BCUT2D eigenvalue weighted by molar-refractivity contribution is -0.123. The van der Waals surface area contributed by atoms with Crippen molar-refractivity contribution in [2.75, 3.05) is 4.90 Å². The molecular formula is C25H24N2O3S. The molecule has 3 aromatic rings. The van der Waals surface area contributed by atoms with E-state index in [1.165, 1.54) is 4.90 Å². The van der Waals surface area contributed by atoms with E-state index in [-0.39, 0.29) is 11.4 Å². The predicted octanol–water partition coefficient (Wildman–Crippen LogP) is 5.63. The number of aromatic nitrogens is 1. The fourth-order valence-electron chi connectivity index (χ4n) is 3.83. The van der Waals surface area contributed by atoms with Crippen molar-refractivity contribution in [3.8, 4) is 11.1 Å². The van der Waals surface area contributed by atoms with Gasteiger partial charge in [-0.3, -0.25) is 19.5 Å². The lowest BCUT2D eigenvalue weighted by Crippen LogP contribution is -2.33. The Labute approximate surface area is 185 Å². The van der Waals surface area contributed by atoms with Gasteiger partial charge in [-0.1, -0.05) is 39.0 Å². The van der Waals surface area contributed by atoms with Gasteiger partial charge in [-0.15, -0.1) is 0 Å². The van der Waals surface area contributed by atoms with Crippen molar-refractivity contribution in [1.29, 1.82) is 0 Å². The molecule has 1 amide bonds. The molecule has 4 rings (SSSR count). The first-order chi connectivity index (χ1) is 14.7. The summed E-state index contributed by atoms with van der Waals surface area (Å²) in [6.45, 7) is 7.19. The minimum absolute atomic E-state index is 0.121. The quantitative estimate of drug-likeness (QED) is 0.580. The number of ketones is 1. The zero-order chi connectivity index (χ0) is 22.3. The maximum atomic E-state index is 13.3. The summed E-state index contributed by atoms with van der Waals surface area (Å²) in [5, 5.41) is 14.9. The molecule has 0 saturated carbocycles. The molecule has 0 spiro atoms. The van der Waals surface area contributed by atoms with Crippen molar-refractivity contribution < 1.29 is 14.7 Å². The van der Waals surface area contributed by atoms with Gasteiger partial charge in [0.05, 0.1) is 11.6 Å². The molecule has 3 heterocycles. The summed E-state index contributed by atoms with van der Waals surface area (Å²) in [5.74, 6) is -1.33. The van der Waals surface area contributed by atoms with E-state index in [0.717, 1.165) is 16.7 Å². The summed E-state index contributed by atoms with van der Waals surface area (Å²) in [4.78, 5) is 32.3. The normalized spacial score (nSPS) is 16.8. The molecule has 6 heteroatoms. The third kappa shape index (κ3) is 3.68. The van der Waals surface area contributed by atoms with Crippen molar-refractivity contribution >= 4 is 28.7 Å². The van der Waals surface area contributed by atoms with Gasteiger partial charge in [0.25, 0.3) is 5.91 Å². The maximum Gasteiger partial charge on any atom is 0.294 e. The summed E-state index contributed by atoms with van der Waals surface area (Å²) in [5.41, 5.74) is 3.54. The second kappa shape index (κ2) is 7.78. The molecule has 1 unspecified atom stereocenters. The number of aliphatic hydroxyl groups excluding tert-OH is 1. The topological polar surface area (TPSA) is 70.5 Å². The molecule has 0 bridgehead atoms. The van der Waals surface area contributed by atoms with Crippen molar-refractivity contribution in [2.45, 2.75) is 33.7 Å². The Morgan fingerprint density at radius 2 is 1.81 bits per heavy atom. The number of thiophene rings is 1. The fraction of sp³-hybridized carbons (Fsp3) is 0.240. The molecule has 0 aliphatic carbocycles. The van der Waals surface area contributed by atoms with Gasteiger partial charge in [0.15, 0.2) is 11.5 Å². The molecule has 0 fully saturated rings. The lowest BCUT2D eigenvalue weighted by atomic mass is 9.82. The van der Waals surface area contributed by atoms with Gasteiger partial charge < -0.3 is 5.11 Å². The maximum absolute atomic E-state index is 13.3. The van der Waals surface area contributed by atoms with Crippen LogP contribution in [0, 0.1) is 12.3 Å². The first-order valence-electron chi connectivity index (χ1n) is 10.1. The van der Waals surface area contributed by atoms with E-state index in [2.05, 4.69) is 10.4 Å². The first kappa shape index (κ1) is 21.0. The van der Waals surface area contributed by atoms with Gasteiger partial charge >= 0.3 is 0 Å². The van der Waals surface area contributed by atoms with Crippen molar-refractivity contribution in [2.24, 2.45) is 5.41 Å². The molecular weight excluding hydrogens is 408 g/mol. The van der Waals surface area contributed by atoms with Gasteiger partial charge in [-0.05, 0) is 53.1 Å². The van der Waals surface area contributed by atoms with E-state index in [1.807, 2.05) is 48.7 Å². The third-order valence-corrected chi connectivity index (χ3v) is 6.16. The van der Waals surface area contributed by atoms with Crippen LogP contribution in [0.3, 0.4) is 0 Å². The number of aliphatic hydroxyl groups is 1. The van der Waals surface area contributed by atoms with Crippen LogP contribution < -0.4 is 4.90 Å². The lowest BCUT2D eigenvalue weighted by Gasteiger charge is -2.29. The Bertz CT molecular complexity index is 1170. The van der Waals surface area contributed by atoms with Crippen LogP contribution >= 0.6 is 11.3 Å². The Balaban J connectivity index is 1.84. The summed E-state index contributed by atoms with van der Waals surface area (Å²) in [6, 6.07) is 12.5. The number of anilines is 1. The molecule has 0 saturated heterocycles. The SMILES string of the molecule is Cc1ncccc1C1C(C(=O)C(C)(C)C)=C(O)C(=O)N1c1ccc(-c2ccsc2)cc1. The summed E-state index contributed by atoms with van der Waals surface area (Å²) in [6.07, 6.45) is 1.67. The van der Waals surface area contributed by atoms with Crippen LogP contribution in [0.25, 0.3) is 11.1 Å². The Morgan fingerprint density at radius 3 is 2.39 bits per heavy atom. The number of hydrogen-bond donors (Lipinski definition) is 1. The highest BCUT2D eigenvalue weighted by atomic mass is 32.1. The van der Waals surface area contributed by atoms with E-state index in [9.17, 15) is 14.7 Å². The Kier molecular flexibility index (Phi) is 5.27. The van der Waals surface area contributed by atoms with Crippen LogP contribution in [0.4, 0.5) is 5.69 Å². The van der Waals surface area contributed by atoms with Gasteiger partial charge in [0, 0.05) is 28.6 Å². The monoisotopic (exact) mass is 432 g/mol. The molecule has 1 aromatic carbocycles. The summed E-state index contributed by atoms with van der Waals surface area (Å²) >= 11 is 1.62. The molecule has 1 aliphatic rings. The van der Waals surface area contributed by atoms with Crippen LogP contribution in [0.5, 0.6) is 0 Å². The minimum atomic E-state index is -0.753. The molecule has 1 N–H and O–H groups in total. The number of Topliss-reactive ketones (excluding diaryl/α,β-unsaturated/α-hetero) is 1. The van der Waals surface area contributed by atoms with Crippen LogP contribution in [-0.2, 0) is 9.59 Å². The average Bonchev–Trinajstić information content (AvgIpc) is 3.35. The average molecular weight is 433 g/mol. The number of carbonyl (C=O) groups excluding carboxylic acids is 2. The first-order valence-corrected chi connectivity index (χ1v) is 11.0. The smallest absolute Gasteiger partial charge is 0.294 e. The largest absolute Gasteiger partial charge is 0.503 e. The number of nitrogens with zero attached hydrogens (tertiary/aromatic N) is 2. The van der Waals surface area contributed by atoms with Crippen LogP contribution in [0.15, 0.2) is 70.8 Å². The van der Waals surface area contributed by atoms with Crippen LogP contribution in [0.1, 0.15) is 38.1 Å². The van der Waals surface area contributed by atoms with Gasteiger partial charge in [-0.2, -0.15) is 11.3 Å². The second-order valence-electron chi connectivity index (χ2n) is 8.66. The zero-order valence-electron chi connectivity index (χ0n) is 17.9. The van der Waals surface area contributed by atoms with E-state index in [1.54, 1.807) is 44.4 Å². The molecule has 2 aromatic heterocycles. The van der Waals surface area contributed by atoms with Crippen molar-refractivity contribution in [1.82, 2.24) is 4.98 Å². The summed E-state index contributed by atoms with van der Waals surface area (Å²) in [7, 11) is 0. The number of amides is 1. The van der Waals surface area contributed by atoms with Gasteiger partial charge in [-0.25, -0.2) is 0 Å². The predicted molar refractivity (Wildman–Crippen MR) is 123 cm³/mol. The highest BCUT2D eigenvalue weighted by Gasteiger charge is 2.47. The van der Waals surface area contributed by atoms with Crippen LogP contribution in [-0.4, -0.2) is 21.8 Å². The molecule has 31 heavy (non-hydrogen) atoms. The highest BCUT2D eigenvalue weighted by molar-refractivity contribution is 7.08. The highest BCUT2D eigenvalue weighted by Crippen LogP contribution is 2.44. The van der Waals surface area contributed by atoms with E-state index >= 15 is 0 Å². The standard InChI is InChI=1S/C25H24N2O3S/c1-15-19(6-5-12-26-15)21-20(23(29)25(2,3)4)22(28)24(30)27(21)18-9-7-16(8-10-18)17-11-13-31-14-17/h5-14,21,28H,1-4H3. The number of pyridine rings is 1. The molecule has 1 atom stereocenters. The zero-order valence-corrected chi connectivity index (χ0v) is 18.7. The van der Waals surface area contributed by atoms with E-state index in [4.69, 9.17) is 0 Å². The molecule has 158 valence electrons. The number of carbonyl (C=O) groups is 2. The number of benzene rings is 1. The number of aryl methyl sites for hydroxylation is 1. The second-order valence-corrected chi connectivity index (χ2v) is 9.44. The third-order valence-electron chi connectivity index (χ3n) is 5.48. The Hall–Kier alpha value is -3.25. The van der Waals surface area contributed by atoms with E-state index in [0.29, 0.717) is 11.4 Å². The Morgan fingerprint density at radius 1 is 1.10 bits per heavy atom. The van der Waals surface area contributed by atoms with E-state index < -0.39 is 23.1 Å². The molecule has 5 nitrogen and oxygen atoms in total. The molecule has 1 aliphatic heterocycles. The van der Waals surface area contributed by atoms with Crippen LogP contribution in [0.2, 0.25) is 0 Å². The van der Waals surface area contributed by atoms with Crippen molar-refractivity contribution in [3.63, 3.8) is 0 Å².